The van der Waals surface area contributed by atoms with Crippen molar-refractivity contribution < 1.29 is 0 Å². The second kappa shape index (κ2) is 5.46. The number of aromatic nitrogens is 2. The Hall–Kier alpha value is -0.870. The summed E-state index contributed by atoms with van der Waals surface area (Å²) in [6, 6.07) is 0. The number of rotatable bonds is 4. The van der Waals surface area contributed by atoms with Crippen LogP contribution in [0.3, 0.4) is 0 Å². The molecule has 1 aliphatic rings. The summed E-state index contributed by atoms with van der Waals surface area (Å²) < 4.78 is 0. The van der Waals surface area contributed by atoms with E-state index in [-0.39, 0.29) is 0 Å². The topological polar surface area (TPSA) is 44.0 Å². The maximum atomic E-state index is 4.46. The zero-order chi connectivity index (χ0) is 11.4. The molecule has 2 N–H and O–H groups in total. The minimum atomic E-state index is 0.587. The number of nitrogens with zero attached hydrogens (tertiary/aromatic N) is 2. The largest absolute Gasteiger partial charge is 0.345 e. The number of hydrogen-bond acceptors (Lipinski definition) is 3. The van der Waals surface area contributed by atoms with Gasteiger partial charge in [-0.1, -0.05) is 13.8 Å². The van der Waals surface area contributed by atoms with E-state index in [4.69, 9.17) is 0 Å². The lowest BCUT2D eigenvalue weighted by molar-refractivity contribution is 0.228. The summed E-state index contributed by atoms with van der Waals surface area (Å²) >= 11 is 0. The maximum absolute atomic E-state index is 4.46. The van der Waals surface area contributed by atoms with Crippen LogP contribution in [0, 0.1) is 0 Å². The molecule has 1 aliphatic heterocycles. The van der Waals surface area contributed by atoms with Gasteiger partial charge in [0.2, 0.25) is 0 Å². The molecular formula is C12H22N4. The van der Waals surface area contributed by atoms with Crippen LogP contribution in [0.25, 0.3) is 0 Å². The van der Waals surface area contributed by atoms with Crippen LogP contribution in [0.15, 0.2) is 6.20 Å². The van der Waals surface area contributed by atoms with E-state index in [2.05, 4.69) is 34.0 Å². The van der Waals surface area contributed by atoms with E-state index in [1.54, 1.807) is 0 Å². The summed E-state index contributed by atoms with van der Waals surface area (Å²) in [7, 11) is 0. The molecule has 90 valence electrons. The van der Waals surface area contributed by atoms with Crippen molar-refractivity contribution in [2.45, 2.75) is 32.7 Å². The van der Waals surface area contributed by atoms with Gasteiger partial charge in [-0.25, -0.2) is 4.98 Å². The van der Waals surface area contributed by atoms with E-state index < -0.39 is 0 Å². The van der Waals surface area contributed by atoms with E-state index in [0.717, 1.165) is 45.0 Å². The van der Waals surface area contributed by atoms with Crippen molar-refractivity contribution in [1.82, 2.24) is 20.2 Å². The predicted molar refractivity (Wildman–Crippen MR) is 65.4 cm³/mol. The van der Waals surface area contributed by atoms with Crippen LogP contribution in [-0.2, 0) is 6.54 Å². The van der Waals surface area contributed by atoms with Crippen molar-refractivity contribution in [2.75, 3.05) is 26.2 Å². The molecule has 0 radical (unpaired) electrons. The molecule has 1 unspecified atom stereocenters. The molecule has 0 aliphatic carbocycles. The third-order valence-corrected chi connectivity index (χ3v) is 3.37. The van der Waals surface area contributed by atoms with Gasteiger partial charge in [-0.05, 0) is 12.3 Å². The molecule has 4 heteroatoms. The van der Waals surface area contributed by atoms with E-state index in [1.165, 1.54) is 5.69 Å². The first-order valence-electron chi connectivity index (χ1n) is 6.26. The summed E-state index contributed by atoms with van der Waals surface area (Å²) in [5, 5.41) is 3.36. The molecule has 1 aromatic heterocycles. The van der Waals surface area contributed by atoms with Gasteiger partial charge in [-0.2, -0.15) is 0 Å². The summed E-state index contributed by atoms with van der Waals surface area (Å²) in [5.74, 6) is 1.70. The Morgan fingerprint density at radius 3 is 2.88 bits per heavy atom. The first-order chi connectivity index (χ1) is 7.79. The highest BCUT2D eigenvalue weighted by Gasteiger charge is 2.12. The number of hydrogen-bond donors (Lipinski definition) is 2. The molecule has 0 saturated carbocycles. The molecule has 0 aromatic carbocycles. The second-order valence-corrected chi connectivity index (χ2v) is 4.62. The molecule has 0 amide bonds. The predicted octanol–water partition coefficient (Wildman–Crippen LogP) is 1.33. The lowest BCUT2D eigenvalue weighted by Gasteiger charge is -2.26. The van der Waals surface area contributed by atoms with Crippen LogP contribution >= 0.6 is 0 Å². The normalized spacial score (nSPS) is 19.9. The van der Waals surface area contributed by atoms with Crippen LogP contribution in [0.4, 0.5) is 0 Å². The number of piperazine rings is 1. The molecule has 2 rings (SSSR count). The van der Waals surface area contributed by atoms with Crippen molar-refractivity contribution in [3.05, 3.63) is 17.7 Å². The Morgan fingerprint density at radius 1 is 1.44 bits per heavy atom. The standard InChI is InChI=1S/C12H22N4/c1-3-10(2)11-8-14-12(15-11)9-16-6-4-13-5-7-16/h8,10,13H,3-7,9H2,1-2H3,(H,14,15). The summed E-state index contributed by atoms with van der Waals surface area (Å²) in [5.41, 5.74) is 1.27. The summed E-state index contributed by atoms with van der Waals surface area (Å²) in [6.07, 6.45) is 3.15. The molecule has 1 aromatic rings. The van der Waals surface area contributed by atoms with E-state index in [0.29, 0.717) is 5.92 Å². The van der Waals surface area contributed by atoms with Gasteiger partial charge < -0.3 is 10.3 Å². The average molecular weight is 222 g/mol. The van der Waals surface area contributed by atoms with Crippen molar-refractivity contribution >= 4 is 0 Å². The van der Waals surface area contributed by atoms with Gasteiger partial charge in [0.25, 0.3) is 0 Å². The van der Waals surface area contributed by atoms with Crippen LogP contribution in [0.1, 0.15) is 37.7 Å². The number of H-pyrrole nitrogens is 1. The Bertz CT molecular complexity index is 315. The van der Waals surface area contributed by atoms with Gasteiger partial charge in [0, 0.05) is 38.1 Å². The zero-order valence-electron chi connectivity index (χ0n) is 10.3. The van der Waals surface area contributed by atoms with Crippen molar-refractivity contribution in [2.24, 2.45) is 0 Å². The third-order valence-electron chi connectivity index (χ3n) is 3.37. The van der Waals surface area contributed by atoms with E-state index in [9.17, 15) is 0 Å². The average Bonchev–Trinajstić information content (AvgIpc) is 2.78. The van der Waals surface area contributed by atoms with Gasteiger partial charge in [0.15, 0.2) is 0 Å². The number of nitrogens with one attached hydrogen (secondary N) is 2. The van der Waals surface area contributed by atoms with E-state index >= 15 is 0 Å². The lowest BCUT2D eigenvalue weighted by Crippen LogP contribution is -2.43. The molecule has 0 bridgehead atoms. The van der Waals surface area contributed by atoms with Crippen LogP contribution in [-0.4, -0.2) is 41.0 Å². The SMILES string of the molecule is CCC(C)c1cnc(CN2CCNCC2)[nH]1. The number of imidazole rings is 1. The molecule has 1 saturated heterocycles. The Kier molecular flexibility index (Phi) is 3.96. The van der Waals surface area contributed by atoms with Crippen molar-refractivity contribution in [1.29, 1.82) is 0 Å². The fourth-order valence-electron chi connectivity index (χ4n) is 2.01. The van der Waals surface area contributed by atoms with Gasteiger partial charge >= 0.3 is 0 Å². The smallest absolute Gasteiger partial charge is 0.120 e. The van der Waals surface area contributed by atoms with Gasteiger partial charge in [0.05, 0.1) is 6.54 Å². The summed E-state index contributed by atoms with van der Waals surface area (Å²) in [4.78, 5) is 10.3. The van der Waals surface area contributed by atoms with Gasteiger partial charge in [0.1, 0.15) is 5.82 Å². The first kappa shape index (κ1) is 11.6. The Balaban J connectivity index is 1.91. The molecule has 2 heterocycles. The van der Waals surface area contributed by atoms with Crippen LogP contribution in [0.2, 0.25) is 0 Å². The van der Waals surface area contributed by atoms with Crippen LogP contribution in [0.5, 0.6) is 0 Å². The fourth-order valence-corrected chi connectivity index (χ4v) is 2.01. The second-order valence-electron chi connectivity index (χ2n) is 4.62. The first-order valence-corrected chi connectivity index (χ1v) is 6.26. The number of aromatic amines is 1. The Labute approximate surface area is 97.4 Å². The highest BCUT2D eigenvalue weighted by Crippen LogP contribution is 2.16. The van der Waals surface area contributed by atoms with Crippen molar-refractivity contribution in [3.63, 3.8) is 0 Å². The molecule has 4 nitrogen and oxygen atoms in total. The van der Waals surface area contributed by atoms with Crippen LogP contribution < -0.4 is 5.32 Å². The van der Waals surface area contributed by atoms with E-state index in [1.807, 2.05) is 6.20 Å². The van der Waals surface area contributed by atoms with Crippen molar-refractivity contribution in [3.8, 4) is 0 Å². The highest BCUT2D eigenvalue weighted by atomic mass is 15.2. The fraction of sp³-hybridized carbons (Fsp3) is 0.750. The monoisotopic (exact) mass is 222 g/mol. The molecule has 0 spiro atoms. The van der Waals surface area contributed by atoms with Gasteiger partial charge in [-0.15, -0.1) is 0 Å². The molecule has 16 heavy (non-hydrogen) atoms. The third kappa shape index (κ3) is 2.83. The zero-order valence-corrected chi connectivity index (χ0v) is 10.3. The molecular weight excluding hydrogens is 200 g/mol. The molecule has 1 fully saturated rings. The highest BCUT2D eigenvalue weighted by molar-refractivity contribution is 5.06. The summed E-state index contributed by atoms with van der Waals surface area (Å²) in [6.45, 7) is 9.85. The maximum Gasteiger partial charge on any atom is 0.120 e. The lowest BCUT2D eigenvalue weighted by atomic mass is 10.1. The van der Waals surface area contributed by atoms with Gasteiger partial charge in [-0.3, -0.25) is 4.90 Å². The minimum absolute atomic E-state index is 0.587. The quantitative estimate of drug-likeness (QED) is 0.807. The minimum Gasteiger partial charge on any atom is -0.345 e. The Morgan fingerprint density at radius 2 is 2.19 bits per heavy atom. The molecule has 1 atom stereocenters.